The van der Waals surface area contributed by atoms with E-state index in [1.807, 2.05) is 27.0 Å². The zero-order valence-electron chi connectivity index (χ0n) is 11.4. The van der Waals surface area contributed by atoms with E-state index < -0.39 is 0 Å². The number of rotatable bonds is 6. The number of nitrogens with two attached hydrogens (primary N) is 1. The van der Waals surface area contributed by atoms with Crippen molar-refractivity contribution >= 4 is 0 Å². The molecule has 3 nitrogen and oxygen atoms in total. The first kappa shape index (κ1) is 14.1. The predicted octanol–water partition coefficient (Wildman–Crippen LogP) is 2.33. The highest BCUT2D eigenvalue weighted by Crippen LogP contribution is 2.16. The molecule has 1 atom stereocenters. The quantitative estimate of drug-likeness (QED) is 0.824. The molecular weight excluding hydrogens is 212 g/mol. The van der Waals surface area contributed by atoms with E-state index in [1.165, 1.54) is 5.56 Å². The third-order valence-corrected chi connectivity index (χ3v) is 3.13. The van der Waals surface area contributed by atoms with Crippen LogP contribution in [0.2, 0.25) is 0 Å². The molecule has 0 radical (unpaired) electrons. The molecule has 0 aromatic carbocycles. The number of hydrogen-bond donors (Lipinski definition) is 1. The highest BCUT2D eigenvalue weighted by Gasteiger charge is 2.27. The monoisotopic (exact) mass is 236 g/mol. The zero-order valence-corrected chi connectivity index (χ0v) is 11.4. The van der Waals surface area contributed by atoms with Crippen LogP contribution in [0, 0.1) is 0 Å². The second-order valence-electron chi connectivity index (χ2n) is 4.86. The van der Waals surface area contributed by atoms with Crippen molar-refractivity contribution in [3.63, 3.8) is 0 Å². The van der Waals surface area contributed by atoms with E-state index in [9.17, 15) is 0 Å². The maximum atomic E-state index is 6.18. The van der Waals surface area contributed by atoms with E-state index in [0.29, 0.717) is 6.61 Å². The van der Waals surface area contributed by atoms with Crippen molar-refractivity contribution in [2.75, 3.05) is 6.61 Å². The lowest BCUT2D eigenvalue weighted by Crippen LogP contribution is -2.46. The number of hydrogen-bond acceptors (Lipinski definition) is 3. The summed E-state index contributed by atoms with van der Waals surface area (Å²) in [7, 11) is 0. The average Bonchev–Trinajstić information content (AvgIpc) is 2.30. The van der Waals surface area contributed by atoms with Crippen LogP contribution in [0.15, 0.2) is 18.3 Å². The summed E-state index contributed by atoms with van der Waals surface area (Å²) in [4.78, 5) is 4.43. The minimum absolute atomic E-state index is 0.0394. The van der Waals surface area contributed by atoms with E-state index in [0.717, 1.165) is 18.5 Å². The molecule has 0 aliphatic heterocycles. The molecule has 0 amide bonds. The van der Waals surface area contributed by atoms with Crippen molar-refractivity contribution in [2.24, 2.45) is 5.73 Å². The average molecular weight is 236 g/mol. The molecule has 0 aliphatic carbocycles. The van der Waals surface area contributed by atoms with Crippen molar-refractivity contribution < 1.29 is 4.74 Å². The summed E-state index contributed by atoms with van der Waals surface area (Å²) in [6.45, 7) is 8.86. The van der Waals surface area contributed by atoms with Gasteiger partial charge in [-0.05, 0) is 38.8 Å². The van der Waals surface area contributed by atoms with Crippen molar-refractivity contribution in [1.82, 2.24) is 4.98 Å². The summed E-state index contributed by atoms with van der Waals surface area (Å²) < 4.78 is 5.66. The van der Waals surface area contributed by atoms with Crippen molar-refractivity contribution in [1.29, 1.82) is 0 Å². The third kappa shape index (κ3) is 4.10. The molecule has 0 aliphatic rings. The van der Waals surface area contributed by atoms with Gasteiger partial charge >= 0.3 is 0 Å². The number of ether oxygens (including phenoxy) is 1. The Kier molecular flexibility index (Phi) is 5.09. The van der Waals surface area contributed by atoms with Crippen LogP contribution in [0.25, 0.3) is 0 Å². The van der Waals surface area contributed by atoms with Gasteiger partial charge < -0.3 is 10.5 Å². The molecule has 1 unspecified atom stereocenters. The maximum Gasteiger partial charge on any atom is 0.0780 e. The summed E-state index contributed by atoms with van der Waals surface area (Å²) >= 11 is 0. The fraction of sp³-hybridized carbons (Fsp3) is 0.643. The van der Waals surface area contributed by atoms with Crippen LogP contribution < -0.4 is 5.73 Å². The van der Waals surface area contributed by atoms with Gasteiger partial charge in [0.2, 0.25) is 0 Å². The van der Waals surface area contributed by atoms with Gasteiger partial charge in [0.1, 0.15) is 0 Å². The molecule has 96 valence electrons. The van der Waals surface area contributed by atoms with Gasteiger partial charge in [0.05, 0.1) is 5.60 Å². The van der Waals surface area contributed by atoms with Crippen molar-refractivity contribution in [3.05, 3.63) is 29.6 Å². The lowest BCUT2D eigenvalue weighted by atomic mass is 9.94. The molecule has 1 aromatic rings. The minimum Gasteiger partial charge on any atom is -0.374 e. The molecule has 0 fully saturated rings. The Balaban J connectivity index is 2.63. The van der Waals surface area contributed by atoms with Crippen LogP contribution in [0.1, 0.15) is 39.0 Å². The Bertz CT molecular complexity index is 333. The summed E-state index contributed by atoms with van der Waals surface area (Å²) in [5, 5.41) is 0. The van der Waals surface area contributed by atoms with Gasteiger partial charge in [-0.2, -0.15) is 0 Å². The third-order valence-electron chi connectivity index (χ3n) is 3.13. The normalized spacial score (nSPS) is 13.7. The zero-order chi connectivity index (χ0) is 12.9. The van der Waals surface area contributed by atoms with Gasteiger partial charge in [0.15, 0.2) is 0 Å². The van der Waals surface area contributed by atoms with E-state index >= 15 is 0 Å². The SMILES string of the molecule is CCOC(C)(C)C(N)Cc1ccc(CC)cn1. The van der Waals surface area contributed by atoms with Crippen molar-refractivity contribution in [2.45, 2.75) is 52.2 Å². The van der Waals surface area contributed by atoms with Gasteiger partial charge in [-0.25, -0.2) is 0 Å². The Hall–Kier alpha value is -0.930. The van der Waals surface area contributed by atoms with Crippen LogP contribution in [0.3, 0.4) is 0 Å². The summed E-state index contributed by atoms with van der Waals surface area (Å²) in [5.74, 6) is 0. The van der Waals surface area contributed by atoms with Crippen LogP contribution in [-0.2, 0) is 17.6 Å². The first-order valence-corrected chi connectivity index (χ1v) is 6.33. The van der Waals surface area contributed by atoms with E-state index in [-0.39, 0.29) is 11.6 Å². The lowest BCUT2D eigenvalue weighted by molar-refractivity contribution is -0.0290. The van der Waals surface area contributed by atoms with E-state index in [4.69, 9.17) is 10.5 Å². The molecule has 17 heavy (non-hydrogen) atoms. The molecule has 0 saturated carbocycles. The Morgan fingerprint density at radius 2 is 2.06 bits per heavy atom. The molecule has 2 N–H and O–H groups in total. The van der Waals surface area contributed by atoms with Crippen molar-refractivity contribution in [3.8, 4) is 0 Å². The molecule has 1 heterocycles. The molecule has 1 aromatic heterocycles. The second-order valence-corrected chi connectivity index (χ2v) is 4.86. The molecule has 0 spiro atoms. The predicted molar refractivity (Wildman–Crippen MR) is 71.0 cm³/mol. The summed E-state index contributed by atoms with van der Waals surface area (Å²) in [6.07, 6.45) is 3.69. The van der Waals surface area contributed by atoms with Crippen LogP contribution in [-0.4, -0.2) is 23.2 Å². The first-order chi connectivity index (χ1) is 7.99. The van der Waals surface area contributed by atoms with Crippen LogP contribution >= 0.6 is 0 Å². The number of aryl methyl sites for hydroxylation is 1. The molecule has 1 rings (SSSR count). The smallest absolute Gasteiger partial charge is 0.0780 e. The molecule has 0 saturated heterocycles. The molecule has 3 heteroatoms. The lowest BCUT2D eigenvalue weighted by Gasteiger charge is -2.31. The second kappa shape index (κ2) is 6.12. The van der Waals surface area contributed by atoms with Gasteiger partial charge in [0, 0.05) is 31.0 Å². The van der Waals surface area contributed by atoms with Gasteiger partial charge in [0.25, 0.3) is 0 Å². The van der Waals surface area contributed by atoms with Crippen LogP contribution in [0.4, 0.5) is 0 Å². The van der Waals surface area contributed by atoms with E-state index in [1.54, 1.807) is 0 Å². The van der Waals surface area contributed by atoms with Gasteiger partial charge in [-0.15, -0.1) is 0 Å². The topological polar surface area (TPSA) is 48.1 Å². The minimum atomic E-state index is -0.306. The maximum absolute atomic E-state index is 6.18. The highest BCUT2D eigenvalue weighted by molar-refractivity contribution is 5.15. The fourth-order valence-corrected chi connectivity index (χ4v) is 1.74. The Labute approximate surface area is 104 Å². The number of aromatic nitrogens is 1. The summed E-state index contributed by atoms with van der Waals surface area (Å²) in [6, 6.07) is 4.13. The first-order valence-electron chi connectivity index (χ1n) is 6.33. The fourth-order valence-electron chi connectivity index (χ4n) is 1.74. The Morgan fingerprint density at radius 1 is 1.35 bits per heavy atom. The van der Waals surface area contributed by atoms with Gasteiger partial charge in [-0.1, -0.05) is 13.0 Å². The standard InChI is InChI=1S/C14H24N2O/c1-5-11-7-8-12(16-10-11)9-13(15)14(3,4)17-6-2/h7-8,10,13H,5-6,9,15H2,1-4H3. The number of pyridine rings is 1. The molecule has 0 bridgehead atoms. The highest BCUT2D eigenvalue weighted by atomic mass is 16.5. The summed E-state index contributed by atoms with van der Waals surface area (Å²) in [5.41, 5.74) is 8.16. The largest absolute Gasteiger partial charge is 0.374 e. The Morgan fingerprint density at radius 3 is 2.53 bits per heavy atom. The van der Waals surface area contributed by atoms with Crippen LogP contribution in [0.5, 0.6) is 0 Å². The van der Waals surface area contributed by atoms with Gasteiger partial charge in [-0.3, -0.25) is 4.98 Å². The molecular formula is C14H24N2O. The van der Waals surface area contributed by atoms with E-state index in [2.05, 4.69) is 24.0 Å². The number of nitrogens with zero attached hydrogens (tertiary/aromatic N) is 1.